The molecule has 2 aliphatic rings. The van der Waals surface area contributed by atoms with Gasteiger partial charge in [0.15, 0.2) is 11.5 Å². The van der Waals surface area contributed by atoms with Crippen LogP contribution in [-0.2, 0) is 16.1 Å². The number of nitrogens with one attached hydrogen (secondary N) is 1. The van der Waals surface area contributed by atoms with Crippen LogP contribution in [0.4, 0.5) is 0 Å². The molecule has 0 saturated heterocycles. The van der Waals surface area contributed by atoms with Crippen molar-refractivity contribution in [1.29, 1.82) is 0 Å². The summed E-state index contributed by atoms with van der Waals surface area (Å²) < 4.78 is 10.7. The lowest BCUT2D eigenvalue weighted by atomic mass is 9.89. The van der Waals surface area contributed by atoms with Crippen LogP contribution in [0.15, 0.2) is 18.2 Å². The summed E-state index contributed by atoms with van der Waals surface area (Å²) in [5, 5.41) is 18.3. The first-order valence-electron chi connectivity index (χ1n) is 8.11. The Morgan fingerprint density at radius 1 is 1.04 bits per heavy atom. The fraction of sp³-hybridized carbons (Fsp3) is 0.529. The molecule has 7 nitrogen and oxygen atoms in total. The number of carboxylic acid groups (broad SMARTS) is 2. The van der Waals surface area contributed by atoms with Crippen LogP contribution >= 0.6 is 0 Å². The summed E-state index contributed by atoms with van der Waals surface area (Å²) in [5.41, 5.74) is 1.27. The second kappa shape index (κ2) is 9.12. The van der Waals surface area contributed by atoms with E-state index in [1.165, 1.54) is 37.7 Å². The van der Waals surface area contributed by atoms with Crippen LogP contribution in [0, 0.1) is 5.92 Å². The van der Waals surface area contributed by atoms with Crippen LogP contribution in [0.2, 0.25) is 0 Å². The number of rotatable bonds is 4. The number of carbonyl (C=O) groups is 2. The Morgan fingerprint density at radius 3 is 2.38 bits per heavy atom. The molecule has 24 heavy (non-hydrogen) atoms. The van der Waals surface area contributed by atoms with Crippen molar-refractivity contribution in [1.82, 2.24) is 5.32 Å². The molecule has 7 heteroatoms. The van der Waals surface area contributed by atoms with E-state index < -0.39 is 11.9 Å². The largest absolute Gasteiger partial charge is 0.473 e. The van der Waals surface area contributed by atoms with Gasteiger partial charge in [-0.1, -0.05) is 25.3 Å². The smallest absolute Gasteiger partial charge is 0.414 e. The van der Waals surface area contributed by atoms with Gasteiger partial charge in [0.05, 0.1) is 0 Å². The minimum Gasteiger partial charge on any atom is -0.473 e. The van der Waals surface area contributed by atoms with E-state index in [4.69, 9.17) is 29.3 Å². The molecular weight excluding hydrogens is 314 g/mol. The minimum absolute atomic E-state index is 0.355. The molecule has 0 unspecified atom stereocenters. The van der Waals surface area contributed by atoms with Crippen LogP contribution in [-0.4, -0.2) is 35.5 Å². The van der Waals surface area contributed by atoms with Gasteiger partial charge in [0, 0.05) is 6.54 Å². The van der Waals surface area contributed by atoms with E-state index in [2.05, 4.69) is 17.4 Å². The standard InChI is InChI=1S/C15H21NO2.C2H2O4/c1-2-4-12(5-3-1)9-16-10-13-6-7-14-15(8-13)18-11-17-14;3-1(4)2(5)6/h6-8,12,16H,1-5,9-11H2;(H,3,4)(H,5,6). The van der Waals surface area contributed by atoms with E-state index in [0.717, 1.165) is 30.5 Å². The van der Waals surface area contributed by atoms with Crippen LogP contribution in [0.3, 0.4) is 0 Å². The van der Waals surface area contributed by atoms with Gasteiger partial charge in [-0.2, -0.15) is 0 Å². The average Bonchev–Trinajstić information content (AvgIpc) is 3.04. The number of fused-ring (bicyclic) bond motifs is 1. The third-order valence-corrected chi connectivity index (χ3v) is 4.11. The number of ether oxygens (including phenoxy) is 2. The molecule has 0 aromatic heterocycles. The third-order valence-electron chi connectivity index (χ3n) is 4.11. The van der Waals surface area contributed by atoms with E-state index in [0.29, 0.717) is 6.79 Å². The summed E-state index contributed by atoms with van der Waals surface area (Å²) in [4.78, 5) is 18.2. The lowest BCUT2D eigenvalue weighted by Gasteiger charge is -2.21. The summed E-state index contributed by atoms with van der Waals surface area (Å²) in [6.07, 6.45) is 7.05. The molecule has 1 aromatic carbocycles. The summed E-state index contributed by atoms with van der Waals surface area (Å²) in [5.74, 6) is -1.02. The summed E-state index contributed by atoms with van der Waals surface area (Å²) >= 11 is 0. The van der Waals surface area contributed by atoms with E-state index in [-0.39, 0.29) is 0 Å². The molecule has 1 heterocycles. The highest BCUT2D eigenvalue weighted by Crippen LogP contribution is 2.32. The zero-order valence-corrected chi connectivity index (χ0v) is 13.5. The van der Waals surface area contributed by atoms with Gasteiger partial charge < -0.3 is 25.0 Å². The van der Waals surface area contributed by atoms with Crippen molar-refractivity contribution >= 4 is 11.9 Å². The van der Waals surface area contributed by atoms with Crippen molar-refractivity contribution in [3.8, 4) is 11.5 Å². The molecule has 0 radical (unpaired) electrons. The maximum atomic E-state index is 9.10. The Bertz CT molecular complexity index is 556. The Balaban J connectivity index is 0.000000301. The first kappa shape index (κ1) is 18.1. The van der Waals surface area contributed by atoms with Gasteiger partial charge in [-0.25, -0.2) is 9.59 Å². The second-order valence-corrected chi connectivity index (χ2v) is 5.93. The highest BCUT2D eigenvalue weighted by molar-refractivity contribution is 6.27. The molecule has 0 bridgehead atoms. The molecule has 1 fully saturated rings. The lowest BCUT2D eigenvalue weighted by Crippen LogP contribution is -2.24. The summed E-state index contributed by atoms with van der Waals surface area (Å²) in [6, 6.07) is 6.19. The van der Waals surface area contributed by atoms with Crippen molar-refractivity contribution in [3.05, 3.63) is 23.8 Å². The van der Waals surface area contributed by atoms with E-state index in [1.54, 1.807) is 0 Å². The fourth-order valence-electron chi connectivity index (χ4n) is 2.86. The summed E-state index contributed by atoms with van der Waals surface area (Å²) in [6.45, 7) is 2.43. The molecule has 1 aliphatic carbocycles. The number of benzene rings is 1. The number of hydrogen-bond acceptors (Lipinski definition) is 5. The third kappa shape index (κ3) is 5.73. The molecule has 132 valence electrons. The molecule has 3 rings (SSSR count). The van der Waals surface area contributed by atoms with Crippen LogP contribution in [0.1, 0.15) is 37.7 Å². The van der Waals surface area contributed by atoms with Crippen LogP contribution < -0.4 is 14.8 Å². The quantitative estimate of drug-likeness (QED) is 0.724. The predicted octanol–water partition coefficient (Wildman–Crippen LogP) is 2.24. The predicted molar refractivity (Wildman–Crippen MR) is 86.1 cm³/mol. The normalized spacial score (nSPS) is 16.2. The minimum atomic E-state index is -1.82. The maximum absolute atomic E-state index is 9.10. The molecule has 0 amide bonds. The summed E-state index contributed by atoms with van der Waals surface area (Å²) in [7, 11) is 0. The second-order valence-electron chi connectivity index (χ2n) is 5.93. The van der Waals surface area contributed by atoms with Gasteiger partial charge in [0.2, 0.25) is 6.79 Å². The average molecular weight is 337 g/mol. The van der Waals surface area contributed by atoms with E-state index in [9.17, 15) is 0 Å². The first-order valence-corrected chi connectivity index (χ1v) is 8.11. The van der Waals surface area contributed by atoms with Crippen LogP contribution in [0.25, 0.3) is 0 Å². The highest BCUT2D eigenvalue weighted by atomic mass is 16.7. The molecule has 1 saturated carbocycles. The lowest BCUT2D eigenvalue weighted by molar-refractivity contribution is -0.159. The van der Waals surface area contributed by atoms with Gasteiger partial charge in [-0.3, -0.25) is 0 Å². The topological polar surface area (TPSA) is 105 Å². The van der Waals surface area contributed by atoms with Crippen molar-refractivity contribution in [2.24, 2.45) is 5.92 Å². The molecule has 0 atom stereocenters. The Kier molecular flexibility index (Phi) is 6.87. The Labute approximate surface area is 140 Å². The number of aliphatic carboxylic acids is 2. The van der Waals surface area contributed by atoms with Gasteiger partial charge in [0.1, 0.15) is 0 Å². The molecule has 3 N–H and O–H groups in total. The zero-order valence-electron chi connectivity index (χ0n) is 13.5. The van der Waals surface area contributed by atoms with E-state index in [1.807, 2.05) is 6.07 Å². The highest BCUT2D eigenvalue weighted by Gasteiger charge is 2.14. The van der Waals surface area contributed by atoms with Gasteiger partial charge in [-0.15, -0.1) is 0 Å². The monoisotopic (exact) mass is 337 g/mol. The van der Waals surface area contributed by atoms with Gasteiger partial charge in [0.25, 0.3) is 0 Å². The fourth-order valence-corrected chi connectivity index (χ4v) is 2.86. The number of carboxylic acids is 2. The Morgan fingerprint density at radius 2 is 1.71 bits per heavy atom. The van der Waals surface area contributed by atoms with Crippen molar-refractivity contribution in [2.75, 3.05) is 13.3 Å². The zero-order chi connectivity index (χ0) is 17.4. The van der Waals surface area contributed by atoms with Crippen molar-refractivity contribution in [3.63, 3.8) is 0 Å². The molecule has 0 spiro atoms. The SMILES string of the molecule is O=C(O)C(=O)O.c1cc2c(cc1CNCC1CCCCC1)OCO2. The number of hydrogen-bond donors (Lipinski definition) is 3. The van der Waals surface area contributed by atoms with Gasteiger partial charge in [-0.05, 0) is 43.0 Å². The molecule has 1 aliphatic heterocycles. The molecular formula is C17H23NO6. The van der Waals surface area contributed by atoms with Gasteiger partial charge >= 0.3 is 11.9 Å². The molecule has 1 aromatic rings. The van der Waals surface area contributed by atoms with Crippen molar-refractivity contribution < 1.29 is 29.3 Å². The maximum Gasteiger partial charge on any atom is 0.414 e. The Hall–Kier alpha value is -2.28. The van der Waals surface area contributed by atoms with E-state index >= 15 is 0 Å². The van der Waals surface area contributed by atoms with Crippen molar-refractivity contribution in [2.45, 2.75) is 38.6 Å². The first-order chi connectivity index (χ1) is 11.6. The van der Waals surface area contributed by atoms with Crippen LogP contribution in [0.5, 0.6) is 11.5 Å².